The van der Waals surface area contributed by atoms with E-state index in [2.05, 4.69) is 137 Å². The highest BCUT2D eigenvalue weighted by atomic mass is 15.0. The summed E-state index contributed by atoms with van der Waals surface area (Å²) in [7, 11) is 0. The molecule has 3 heterocycles. The van der Waals surface area contributed by atoms with E-state index in [4.69, 9.17) is 4.98 Å². The van der Waals surface area contributed by atoms with Crippen LogP contribution in [0.25, 0.3) is 66.2 Å². The molecule has 0 radical (unpaired) electrons. The maximum Gasteiger partial charge on any atom is 0.145 e. The Morgan fingerprint density at radius 1 is 0.447 bits per heavy atom. The predicted octanol–water partition coefficient (Wildman–Crippen LogP) is 8.94. The summed E-state index contributed by atoms with van der Waals surface area (Å²) in [6.45, 7) is 0. The van der Waals surface area contributed by atoms with Crippen LogP contribution in [0.1, 0.15) is 0 Å². The van der Waals surface area contributed by atoms with Crippen LogP contribution in [-0.4, -0.2) is 14.1 Å². The summed E-state index contributed by atoms with van der Waals surface area (Å²) in [6, 6.07) is 47.5. The number of fused-ring (bicyclic) bond motifs is 6. The molecule has 0 saturated carbocycles. The van der Waals surface area contributed by atoms with Crippen LogP contribution in [-0.2, 0) is 0 Å². The van der Waals surface area contributed by atoms with Crippen molar-refractivity contribution in [3.05, 3.63) is 140 Å². The molecule has 0 atom stereocenters. The lowest BCUT2D eigenvalue weighted by atomic mass is 10.0. The molecule has 0 fully saturated rings. The third-order valence-electron chi connectivity index (χ3n) is 7.56. The number of para-hydroxylation sites is 4. The van der Waals surface area contributed by atoms with Crippen LogP contribution in [0.2, 0.25) is 0 Å². The molecule has 0 aliphatic carbocycles. The van der Waals surface area contributed by atoms with E-state index in [0.717, 1.165) is 22.4 Å². The van der Waals surface area contributed by atoms with Crippen molar-refractivity contribution in [2.45, 2.75) is 0 Å². The summed E-state index contributed by atoms with van der Waals surface area (Å²) in [5, 5.41) is 4.88. The van der Waals surface area contributed by atoms with Gasteiger partial charge in [0.1, 0.15) is 5.65 Å². The van der Waals surface area contributed by atoms with E-state index in [-0.39, 0.29) is 0 Å². The maximum absolute atomic E-state index is 4.82. The van der Waals surface area contributed by atoms with Gasteiger partial charge in [0.05, 0.1) is 16.6 Å². The number of benzene rings is 5. The van der Waals surface area contributed by atoms with E-state index < -0.39 is 0 Å². The largest absolute Gasteiger partial charge is 0.309 e. The van der Waals surface area contributed by atoms with Gasteiger partial charge in [-0.1, -0.05) is 84.9 Å². The van der Waals surface area contributed by atoms with Gasteiger partial charge in [0.2, 0.25) is 0 Å². The Bertz CT molecular complexity index is 2120. The lowest BCUT2D eigenvalue weighted by molar-refractivity contribution is 1.14. The van der Waals surface area contributed by atoms with Gasteiger partial charge in [-0.15, -0.1) is 0 Å². The van der Waals surface area contributed by atoms with Crippen LogP contribution in [0.15, 0.2) is 140 Å². The molecule has 0 unspecified atom stereocenters. The molecule has 8 aromatic rings. The fourth-order valence-corrected chi connectivity index (χ4v) is 5.95. The van der Waals surface area contributed by atoms with Crippen LogP contribution in [0.5, 0.6) is 0 Å². The van der Waals surface area contributed by atoms with Gasteiger partial charge in [-0.05, 0) is 54.1 Å². The van der Waals surface area contributed by atoms with E-state index in [9.17, 15) is 0 Å². The highest BCUT2D eigenvalue weighted by Crippen LogP contribution is 2.40. The monoisotopic (exact) mass is 485 g/mol. The average Bonchev–Trinajstić information content (AvgIpc) is 3.51. The number of hydrogen-bond acceptors (Lipinski definition) is 1. The van der Waals surface area contributed by atoms with Gasteiger partial charge in [0.15, 0.2) is 0 Å². The molecular weight excluding hydrogens is 462 g/mol. The lowest BCUT2D eigenvalue weighted by Gasteiger charge is -2.12. The molecule has 0 amide bonds. The molecule has 38 heavy (non-hydrogen) atoms. The normalized spacial score (nSPS) is 11.7. The van der Waals surface area contributed by atoms with Crippen LogP contribution in [0.4, 0.5) is 0 Å². The Kier molecular flexibility index (Phi) is 4.52. The number of nitrogens with zero attached hydrogens (tertiary/aromatic N) is 3. The zero-order chi connectivity index (χ0) is 25.1. The van der Waals surface area contributed by atoms with Gasteiger partial charge in [0.25, 0.3) is 0 Å². The summed E-state index contributed by atoms with van der Waals surface area (Å²) < 4.78 is 4.68. The van der Waals surface area contributed by atoms with Crippen molar-refractivity contribution in [3.63, 3.8) is 0 Å². The Morgan fingerprint density at radius 3 is 1.92 bits per heavy atom. The summed E-state index contributed by atoms with van der Waals surface area (Å²) in [4.78, 5) is 4.82. The quantitative estimate of drug-likeness (QED) is 0.245. The fraction of sp³-hybridized carbons (Fsp3) is 0. The highest BCUT2D eigenvalue weighted by Gasteiger charge is 2.18. The first-order chi connectivity index (χ1) is 18.9. The van der Waals surface area contributed by atoms with E-state index in [1.807, 2.05) is 12.3 Å². The Morgan fingerprint density at radius 2 is 1.11 bits per heavy atom. The van der Waals surface area contributed by atoms with E-state index in [1.54, 1.807) is 0 Å². The predicted molar refractivity (Wildman–Crippen MR) is 158 cm³/mol. The van der Waals surface area contributed by atoms with E-state index >= 15 is 0 Å². The SMILES string of the molecule is c1ccc(-n2c3ccccc3c3ccc(-c4cccc5c6cccnc6n(-c6ccccc6)c45)cc32)cc1. The van der Waals surface area contributed by atoms with Crippen LogP contribution in [0.3, 0.4) is 0 Å². The summed E-state index contributed by atoms with van der Waals surface area (Å²) >= 11 is 0. The summed E-state index contributed by atoms with van der Waals surface area (Å²) in [5.41, 5.74) is 9.21. The molecule has 8 rings (SSSR count). The first kappa shape index (κ1) is 21.0. The van der Waals surface area contributed by atoms with Crippen molar-refractivity contribution in [1.82, 2.24) is 14.1 Å². The van der Waals surface area contributed by atoms with Gasteiger partial charge >= 0.3 is 0 Å². The molecule has 0 aliphatic rings. The Labute approximate surface area is 219 Å². The standard InChI is InChI=1S/C35H23N3/c1-3-11-25(12-4-1)37-32-19-8-7-15-28(32)29-21-20-24(23-33(29)37)27-16-9-17-30-31-18-10-22-36-35(31)38(34(27)30)26-13-5-2-6-14-26/h1-23H. The highest BCUT2D eigenvalue weighted by molar-refractivity contribution is 6.14. The molecule has 0 saturated heterocycles. The van der Waals surface area contributed by atoms with Crippen molar-refractivity contribution < 1.29 is 0 Å². The second kappa shape index (κ2) is 8.19. The molecule has 3 heteroatoms. The van der Waals surface area contributed by atoms with Gasteiger partial charge in [-0.25, -0.2) is 4.98 Å². The molecule has 0 spiro atoms. The average molecular weight is 486 g/mol. The van der Waals surface area contributed by atoms with Crippen LogP contribution in [0, 0.1) is 0 Å². The van der Waals surface area contributed by atoms with Crippen molar-refractivity contribution in [1.29, 1.82) is 0 Å². The summed E-state index contributed by atoms with van der Waals surface area (Å²) in [5.74, 6) is 0. The summed E-state index contributed by atoms with van der Waals surface area (Å²) in [6.07, 6.45) is 1.88. The second-order valence-corrected chi connectivity index (χ2v) is 9.67. The number of hydrogen-bond donors (Lipinski definition) is 0. The number of aromatic nitrogens is 3. The van der Waals surface area contributed by atoms with Crippen LogP contribution < -0.4 is 0 Å². The first-order valence-corrected chi connectivity index (χ1v) is 12.9. The minimum absolute atomic E-state index is 0.973. The third-order valence-corrected chi connectivity index (χ3v) is 7.56. The van der Waals surface area contributed by atoms with Gasteiger partial charge in [-0.3, -0.25) is 4.57 Å². The second-order valence-electron chi connectivity index (χ2n) is 9.67. The topological polar surface area (TPSA) is 22.8 Å². The van der Waals surface area contributed by atoms with E-state index in [0.29, 0.717) is 0 Å². The Hall–Kier alpha value is -5.15. The first-order valence-electron chi connectivity index (χ1n) is 12.9. The smallest absolute Gasteiger partial charge is 0.145 e. The molecule has 0 bridgehead atoms. The van der Waals surface area contributed by atoms with Gasteiger partial charge in [0, 0.05) is 44.7 Å². The zero-order valence-corrected chi connectivity index (χ0v) is 20.6. The molecule has 5 aromatic carbocycles. The van der Waals surface area contributed by atoms with E-state index in [1.165, 1.54) is 43.8 Å². The molecular formula is C35H23N3. The number of rotatable bonds is 3. The molecule has 0 N–H and O–H groups in total. The number of pyridine rings is 1. The van der Waals surface area contributed by atoms with Gasteiger partial charge < -0.3 is 4.57 Å². The fourth-order valence-electron chi connectivity index (χ4n) is 5.95. The Balaban J connectivity index is 1.48. The minimum atomic E-state index is 0.973. The molecule has 178 valence electrons. The molecule has 0 aliphatic heterocycles. The van der Waals surface area contributed by atoms with Crippen LogP contribution >= 0.6 is 0 Å². The molecule has 3 aromatic heterocycles. The molecule has 3 nitrogen and oxygen atoms in total. The van der Waals surface area contributed by atoms with Crippen molar-refractivity contribution in [2.24, 2.45) is 0 Å². The zero-order valence-electron chi connectivity index (χ0n) is 20.6. The van der Waals surface area contributed by atoms with Crippen molar-refractivity contribution in [2.75, 3.05) is 0 Å². The van der Waals surface area contributed by atoms with Crippen molar-refractivity contribution >= 4 is 43.7 Å². The minimum Gasteiger partial charge on any atom is -0.309 e. The lowest BCUT2D eigenvalue weighted by Crippen LogP contribution is -1.97. The van der Waals surface area contributed by atoms with Crippen molar-refractivity contribution in [3.8, 4) is 22.5 Å². The van der Waals surface area contributed by atoms with Gasteiger partial charge in [-0.2, -0.15) is 0 Å². The third kappa shape index (κ3) is 2.99. The maximum atomic E-state index is 4.82.